The second-order valence-corrected chi connectivity index (χ2v) is 6.39. The Bertz CT molecular complexity index is 1310. The summed E-state index contributed by atoms with van der Waals surface area (Å²) >= 11 is 0. The quantitative estimate of drug-likeness (QED) is 0.495. The summed E-state index contributed by atoms with van der Waals surface area (Å²) in [6.45, 7) is 1.57. The van der Waals surface area contributed by atoms with Gasteiger partial charge < -0.3 is 15.4 Å². The number of aryl methyl sites for hydroxylation is 1. The molecule has 0 aliphatic heterocycles. The van der Waals surface area contributed by atoms with Crippen LogP contribution in [0.2, 0.25) is 0 Å². The summed E-state index contributed by atoms with van der Waals surface area (Å²) in [4.78, 5) is 27.5. The number of halogens is 2. The molecule has 29 heavy (non-hydrogen) atoms. The molecule has 0 fully saturated rings. The molecule has 2 aromatic carbocycles. The number of anilines is 1. The topological polar surface area (TPSA) is 100 Å². The van der Waals surface area contributed by atoms with Gasteiger partial charge in [-0.2, -0.15) is 5.10 Å². The molecule has 0 saturated carbocycles. The highest BCUT2D eigenvalue weighted by Crippen LogP contribution is 2.27. The predicted molar refractivity (Wildman–Crippen MR) is 102 cm³/mol. The molecule has 0 spiro atoms. The third-order valence-corrected chi connectivity index (χ3v) is 4.45. The standard InChI is InChI=1S/C20H14F2N4O3/c1-10-2-5-12(8-15(10)22)24-19(28)16-17(27)14-9-23-26(18(14)25-20(16)29)13-6-3-11(21)4-7-13/h2-9H,1H3,(H,24,28)(H2,25,27,29). The Morgan fingerprint density at radius 3 is 2.59 bits per heavy atom. The number of rotatable bonds is 3. The average molecular weight is 396 g/mol. The molecule has 0 aliphatic rings. The van der Waals surface area contributed by atoms with Crippen molar-refractivity contribution in [3.05, 3.63) is 81.8 Å². The van der Waals surface area contributed by atoms with Gasteiger partial charge in [-0.15, -0.1) is 0 Å². The van der Waals surface area contributed by atoms with Crippen molar-refractivity contribution in [2.45, 2.75) is 6.92 Å². The minimum absolute atomic E-state index is 0.120. The van der Waals surface area contributed by atoms with Crippen LogP contribution in [0.1, 0.15) is 15.9 Å². The molecule has 1 amide bonds. The lowest BCUT2D eigenvalue weighted by Gasteiger charge is -2.09. The second kappa shape index (κ2) is 6.86. The molecule has 7 nitrogen and oxygen atoms in total. The molecule has 2 heterocycles. The van der Waals surface area contributed by atoms with Crippen molar-refractivity contribution >= 4 is 22.6 Å². The SMILES string of the molecule is Cc1ccc(NC(=O)c2c(O)c3cnn(-c4ccc(F)cc4)c3[nH]c2=O)cc1F. The van der Waals surface area contributed by atoms with Gasteiger partial charge in [-0.05, 0) is 48.9 Å². The van der Waals surface area contributed by atoms with E-state index in [0.717, 1.165) is 6.07 Å². The molecule has 0 radical (unpaired) electrons. The van der Waals surface area contributed by atoms with E-state index in [-0.39, 0.29) is 16.7 Å². The molecule has 146 valence electrons. The molecule has 4 rings (SSSR count). The maximum Gasteiger partial charge on any atom is 0.266 e. The van der Waals surface area contributed by atoms with Crippen molar-refractivity contribution in [2.75, 3.05) is 5.32 Å². The molecule has 2 aromatic heterocycles. The third-order valence-electron chi connectivity index (χ3n) is 4.45. The van der Waals surface area contributed by atoms with E-state index in [1.54, 1.807) is 6.92 Å². The summed E-state index contributed by atoms with van der Waals surface area (Å²) in [6.07, 6.45) is 1.27. The van der Waals surface area contributed by atoms with Crippen LogP contribution < -0.4 is 10.9 Å². The lowest BCUT2D eigenvalue weighted by molar-refractivity contribution is 0.102. The van der Waals surface area contributed by atoms with E-state index in [1.807, 2.05) is 0 Å². The number of hydrogen-bond donors (Lipinski definition) is 3. The lowest BCUT2D eigenvalue weighted by atomic mass is 10.1. The number of H-pyrrole nitrogens is 1. The molecule has 0 bridgehead atoms. The Morgan fingerprint density at radius 1 is 1.17 bits per heavy atom. The number of hydrogen-bond acceptors (Lipinski definition) is 4. The normalized spacial score (nSPS) is 11.0. The van der Waals surface area contributed by atoms with Gasteiger partial charge >= 0.3 is 0 Å². The highest BCUT2D eigenvalue weighted by molar-refractivity contribution is 6.08. The van der Waals surface area contributed by atoms with Gasteiger partial charge in [0, 0.05) is 5.69 Å². The van der Waals surface area contributed by atoms with Crippen molar-refractivity contribution in [1.82, 2.24) is 14.8 Å². The number of fused-ring (bicyclic) bond motifs is 1. The number of aromatic hydroxyl groups is 1. The van der Waals surface area contributed by atoms with Gasteiger partial charge in [-0.25, -0.2) is 13.5 Å². The highest BCUT2D eigenvalue weighted by Gasteiger charge is 2.22. The summed E-state index contributed by atoms with van der Waals surface area (Å²) < 4.78 is 28.1. The van der Waals surface area contributed by atoms with E-state index >= 15 is 0 Å². The van der Waals surface area contributed by atoms with Gasteiger partial charge in [0.15, 0.2) is 0 Å². The lowest BCUT2D eigenvalue weighted by Crippen LogP contribution is -2.23. The fourth-order valence-corrected chi connectivity index (χ4v) is 2.91. The molecular weight excluding hydrogens is 382 g/mol. The van der Waals surface area contributed by atoms with Crippen LogP contribution in [0.4, 0.5) is 14.5 Å². The van der Waals surface area contributed by atoms with Crippen molar-refractivity contribution in [3.63, 3.8) is 0 Å². The smallest absolute Gasteiger partial charge is 0.266 e. The largest absolute Gasteiger partial charge is 0.506 e. The first-order chi connectivity index (χ1) is 13.8. The minimum atomic E-state index is -0.900. The van der Waals surface area contributed by atoms with Crippen molar-refractivity contribution in [2.24, 2.45) is 0 Å². The van der Waals surface area contributed by atoms with E-state index in [9.17, 15) is 23.5 Å². The van der Waals surface area contributed by atoms with E-state index < -0.39 is 34.4 Å². The van der Waals surface area contributed by atoms with Crippen LogP contribution >= 0.6 is 0 Å². The highest BCUT2D eigenvalue weighted by atomic mass is 19.1. The first-order valence-electron chi connectivity index (χ1n) is 8.51. The molecule has 0 unspecified atom stereocenters. The Balaban J connectivity index is 1.76. The second-order valence-electron chi connectivity index (χ2n) is 6.39. The van der Waals surface area contributed by atoms with Gasteiger partial charge in [-0.1, -0.05) is 6.07 Å². The minimum Gasteiger partial charge on any atom is -0.506 e. The van der Waals surface area contributed by atoms with Crippen LogP contribution in [0.5, 0.6) is 5.75 Å². The number of aromatic nitrogens is 3. The van der Waals surface area contributed by atoms with E-state index in [4.69, 9.17) is 0 Å². The van der Waals surface area contributed by atoms with Gasteiger partial charge in [0.25, 0.3) is 11.5 Å². The van der Waals surface area contributed by atoms with Crippen LogP contribution in [0.15, 0.2) is 53.5 Å². The van der Waals surface area contributed by atoms with Crippen LogP contribution in [0.25, 0.3) is 16.7 Å². The van der Waals surface area contributed by atoms with Crippen LogP contribution in [-0.2, 0) is 0 Å². The summed E-state index contributed by atoms with van der Waals surface area (Å²) in [5.74, 6) is -2.42. The summed E-state index contributed by atoms with van der Waals surface area (Å²) in [6, 6.07) is 9.42. The Morgan fingerprint density at radius 2 is 1.90 bits per heavy atom. The number of nitrogens with one attached hydrogen (secondary N) is 2. The fraction of sp³-hybridized carbons (Fsp3) is 0.0500. The zero-order valence-electron chi connectivity index (χ0n) is 15.0. The van der Waals surface area contributed by atoms with Crippen molar-refractivity contribution in [1.29, 1.82) is 0 Å². The van der Waals surface area contributed by atoms with Gasteiger partial charge in [0.05, 0.1) is 17.3 Å². The molecule has 0 saturated heterocycles. The molecule has 4 aromatic rings. The van der Waals surface area contributed by atoms with Crippen LogP contribution in [0, 0.1) is 18.6 Å². The monoisotopic (exact) mass is 396 g/mol. The average Bonchev–Trinajstić information content (AvgIpc) is 3.09. The van der Waals surface area contributed by atoms with E-state index in [2.05, 4.69) is 15.4 Å². The molecule has 3 N–H and O–H groups in total. The number of amides is 1. The number of pyridine rings is 1. The first-order valence-corrected chi connectivity index (χ1v) is 8.51. The third kappa shape index (κ3) is 3.22. The molecule has 0 atom stereocenters. The fourth-order valence-electron chi connectivity index (χ4n) is 2.91. The summed E-state index contributed by atoms with van der Waals surface area (Å²) in [5.41, 5.74) is -0.265. The Hall–Kier alpha value is -4.01. The summed E-state index contributed by atoms with van der Waals surface area (Å²) in [7, 11) is 0. The molecular formula is C20H14F2N4O3. The zero-order valence-corrected chi connectivity index (χ0v) is 15.0. The number of carbonyl (C=O) groups excluding carboxylic acids is 1. The van der Waals surface area contributed by atoms with Gasteiger partial charge in [0.2, 0.25) is 0 Å². The van der Waals surface area contributed by atoms with Crippen LogP contribution in [-0.4, -0.2) is 25.8 Å². The van der Waals surface area contributed by atoms with E-state index in [0.29, 0.717) is 11.3 Å². The number of aromatic amines is 1. The maximum absolute atomic E-state index is 13.7. The predicted octanol–water partition coefficient (Wildman–Crippen LogP) is 3.26. The van der Waals surface area contributed by atoms with Gasteiger partial charge in [0.1, 0.15) is 28.6 Å². The van der Waals surface area contributed by atoms with E-state index in [1.165, 1.54) is 47.3 Å². The molecule has 9 heteroatoms. The Labute approximate surface area is 162 Å². The van der Waals surface area contributed by atoms with Crippen molar-refractivity contribution in [3.8, 4) is 11.4 Å². The number of benzene rings is 2. The van der Waals surface area contributed by atoms with Gasteiger partial charge in [-0.3, -0.25) is 9.59 Å². The maximum atomic E-state index is 13.7. The van der Waals surface area contributed by atoms with Crippen molar-refractivity contribution < 1.29 is 18.7 Å². The first kappa shape index (κ1) is 18.4. The molecule has 0 aliphatic carbocycles. The Kier molecular flexibility index (Phi) is 4.34. The zero-order chi connectivity index (χ0) is 20.7. The number of carbonyl (C=O) groups is 1. The summed E-state index contributed by atoms with van der Waals surface area (Å²) in [5, 5.41) is 17.1. The number of nitrogens with zero attached hydrogens (tertiary/aromatic N) is 2. The van der Waals surface area contributed by atoms with Crippen LogP contribution in [0.3, 0.4) is 0 Å².